The summed E-state index contributed by atoms with van der Waals surface area (Å²) in [5.74, 6) is 0.336. The molecule has 0 unspecified atom stereocenters. The molecule has 0 radical (unpaired) electrons. The fraction of sp³-hybridized carbons (Fsp3) is 0.455. The zero-order valence-corrected chi connectivity index (χ0v) is 16.0. The van der Waals surface area contributed by atoms with Gasteiger partial charge in [0.05, 0.1) is 5.69 Å². The number of rotatable bonds is 3. The largest absolute Gasteiger partial charge is 0.351 e. The molecule has 1 aliphatic carbocycles. The molecule has 5 heteroatoms. The van der Waals surface area contributed by atoms with Crippen LogP contribution in [-0.2, 0) is 16.1 Å². The summed E-state index contributed by atoms with van der Waals surface area (Å²) in [6, 6.07) is 11.2. The zero-order chi connectivity index (χ0) is 19.0. The van der Waals surface area contributed by atoms with Crippen molar-refractivity contribution in [3.63, 3.8) is 0 Å². The average Bonchev–Trinajstić information content (AvgIpc) is 3.11. The fourth-order valence-electron chi connectivity index (χ4n) is 4.36. The second-order valence-electron chi connectivity index (χ2n) is 7.94. The Morgan fingerprint density at radius 2 is 1.85 bits per heavy atom. The highest BCUT2D eigenvalue weighted by Crippen LogP contribution is 2.33. The van der Waals surface area contributed by atoms with E-state index in [1.807, 2.05) is 54.1 Å². The minimum atomic E-state index is -0.627. The third-order valence-corrected chi connectivity index (χ3v) is 5.98. The minimum absolute atomic E-state index is 0.0561. The van der Waals surface area contributed by atoms with Crippen molar-refractivity contribution in [1.82, 2.24) is 9.88 Å². The van der Waals surface area contributed by atoms with Gasteiger partial charge in [-0.2, -0.15) is 0 Å². The molecular formula is C22H27N3O2. The lowest BCUT2D eigenvalue weighted by molar-refractivity contribution is -0.129. The number of carbonyl (C=O) groups excluding carboxylic acids is 2. The maximum Gasteiger partial charge on any atom is 0.249 e. The molecule has 2 heterocycles. The smallest absolute Gasteiger partial charge is 0.249 e. The van der Waals surface area contributed by atoms with Crippen LogP contribution in [0, 0.1) is 12.8 Å². The first-order valence-corrected chi connectivity index (χ1v) is 9.89. The standard InChI is InChI=1S/C22H27N3O2/c1-15-9-11-17(12-10-15)25-20(26)14-24-13-5-8-19(24)21(25)22(27)23-18-7-4-3-6-16(18)2/h5,8-13,16,18,21H,3-4,6-7,14H2,1-2H3,(H,23,27)/t16-,18+,21-/m1/s1. The molecule has 1 fully saturated rings. The lowest BCUT2D eigenvalue weighted by atomic mass is 9.85. The van der Waals surface area contributed by atoms with Crippen LogP contribution in [0.1, 0.15) is 49.9 Å². The van der Waals surface area contributed by atoms with Gasteiger partial charge in [0.1, 0.15) is 6.54 Å². The van der Waals surface area contributed by atoms with E-state index in [2.05, 4.69) is 12.2 Å². The van der Waals surface area contributed by atoms with Gasteiger partial charge in [-0.25, -0.2) is 0 Å². The van der Waals surface area contributed by atoms with E-state index in [0.717, 1.165) is 36.2 Å². The molecule has 1 aromatic heterocycles. The van der Waals surface area contributed by atoms with E-state index in [1.165, 1.54) is 6.42 Å². The van der Waals surface area contributed by atoms with Gasteiger partial charge >= 0.3 is 0 Å². The number of nitrogens with zero attached hydrogens (tertiary/aromatic N) is 2. The molecule has 5 nitrogen and oxygen atoms in total. The number of benzene rings is 1. The fourth-order valence-corrected chi connectivity index (χ4v) is 4.36. The molecular weight excluding hydrogens is 338 g/mol. The zero-order valence-electron chi connectivity index (χ0n) is 16.0. The second kappa shape index (κ2) is 7.22. The van der Waals surface area contributed by atoms with E-state index in [1.54, 1.807) is 4.90 Å². The summed E-state index contributed by atoms with van der Waals surface area (Å²) >= 11 is 0. The molecule has 2 aromatic rings. The Labute approximate surface area is 160 Å². The topological polar surface area (TPSA) is 54.3 Å². The average molecular weight is 365 g/mol. The van der Waals surface area contributed by atoms with Gasteiger partial charge in [-0.15, -0.1) is 0 Å². The third-order valence-electron chi connectivity index (χ3n) is 5.98. The monoisotopic (exact) mass is 365 g/mol. The lowest BCUT2D eigenvalue weighted by Crippen LogP contribution is -2.52. The molecule has 142 valence electrons. The summed E-state index contributed by atoms with van der Waals surface area (Å²) in [4.78, 5) is 28.0. The highest BCUT2D eigenvalue weighted by Gasteiger charge is 2.39. The predicted octanol–water partition coefficient (Wildman–Crippen LogP) is 3.58. The number of nitrogens with one attached hydrogen (secondary N) is 1. The molecule has 4 rings (SSSR count). The number of fused-ring (bicyclic) bond motifs is 1. The number of carbonyl (C=O) groups is 2. The van der Waals surface area contributed by atoms with Gasteiger partial charge in [-0.3, -0.25) is 14.5 Å². The number of aromatic nitrogens is 1. The second-order valence-corrected chi connectivity index (χ2v) is 7.94. The Morgan fingerprint density at radius 1 is 1.11 bits per heavy atom. The normalized spacial score (nSPS) is 25.2. The summed E-state index contributed by atoms with van der Waals surface area (Å²) in [5, 5.41) is 3.25. The number of amides is 2. The van der Waals surface area contributed by atoms with Crippen molar-refractivity contribution in [2.75, 3.05) is 4.90 Å². The van der Waals surface area contributed by atoms with Crippen molar-refractivity contribution in [2.45, 2.75) is 58.2 Å². The van der Waals surface area contributed by atoms with E-state index in [0.29, 0.717) is 5.92 Å². The summed E-state index contributed by atoms with van der Waals surface area (Å²) in [6.07, 6.45) is 6.42. The quantitative estimate of drug-likeness (QED) is 0.904. The van der Waals surface area contributed by atoms with Crippen LogP contribution in [0.25, 0.3) is 0 Å². The van der Waals surface area contributed by atoms with Crippen molar-refractivity contribution in [2.24, 2.45) is 5.92 Å². The summed E-state index contributed by atoms with van der Waals surface area (Å²) in [5.41, 5.74) is 2.77. The Morgan fingerprint density at radius 3 is 2.59 bits per heavy atom. The highest BCUT2D eigenvalue weighted by molar-refractivity contribution is 6.02. The maximum atomic E-state index is 13.4. The molecule has 1 N–H and O–H groups in total. The van der Waals surface area contributed by atoms with Gasteiger partial charge in [0.15, 0.2) is 6.04 Å². The predicted molar refractivity (Wildman–Crippen MR) is 105 cm³/mol. The Kier molecular flexibility index (Phi) is 4.77. The van der Waals surface area contributed by atoms with Crippen molar-refractivity contribution >= 4 is 17.5 Å². The van der Waals surface area contributed by atoms with Gasteiger partial charge in [0, 0.05) is 17.9 Å². The van der Waals surface area contributed by atoms with Gasteiger partial charge in [-0.1, -0.05) is 37.5 Å². The number of anilines is 1. The molecule has 0 bridgehead atoms. The summed E-state index contributed by atoms with van der Waals surface area (Å²) in [7, 11) is 0. The SMILES string of the molecule is Cc1ccc(N2C(=O)Cn3cccc3[C@@H]2C(=O)N[C@H]2CCCC[C@H]2C)cc1. The first kappa shape index (κ1) is 17.8. The number of hydrogen-bond acceptors (Lipinski definition) is 2. The van der Waals surface area contributed by atoms with Crippen LogP contribution in [0.15, 0.2) is 42.6 Å². The van der Waals surface area contributed by atoms with Crippen molar-refractivity contribution in [3.05, 3.63) is 53.9 Å². The van der Waals surface area contributed by atoms with Gasteiger partial charge < -0.3 is 9.88 Å². The van der Waals surface area contributed by atoms with Crippen molar-refractivity contribution in [3.8, 4) is 0 Å². The molecule has 2 amide bonds. The maximum absolute atomic E-state index is 13.4. The molecule has 27 heavy (non-hydrogen) atoms. The van der Waals surface area contributed by atoms with E-state index in [9.17, 15) is 9.59 Å². The molecule has 0 spiro atoms. The minimum Gasteiger partial charge on any atom is -0.351 e. The van der Waals surface area contributed by atoms with Crippen LogP contribution in [-0.4, -0.2) is 22.4 Å². The van der Waals surface area contributed by atoms with E-state index < -0.39 is 6.04 Å². The number of aryl methyl sites for hydroxylation is 1. The van der Waals surface area contributed by atoms with Gasteiger partial charge in [0.25, 0.3) is 0 Å². The molecule has 1 aliphatic heterocycles. The van der Waals surface area contributed by atoms with Crippen LogP contribution in [0.3, 0.4) is 0 Å². The molecule has 3 atom stereocenters. The van der Waals surface area contributed by atoms with Crippen LogP contribution in [0.2, 0.25) is 0 Å². The summed E-state index contributed by atoms with van der Waals surface area (Å²) < 4.78 is 1.89. The molecule has 2 aliphatic rings. The van der Waals surface area contributed by atoms with Crippen LogP contribution in [0.4, 0.5) is 5.69 Å². The highest BCUT2D eigenvalue weighted by atomic mass is 16.2. The number of hydrogen-bond donors (Lipinski definition) is 1. The first-order valence-electron chi connectivity index (χ1n) is 9.89. The third kappa shape index (κ3) is 3.38. The molecule has 0 saturated heterocycles. The summed E-state index contributed by atoms with van der Waals surface area (Å²) in [6.45, 7) is 4.48. The Balaban J connectivity index is 1.68. The lowest BCUT2D eigenvalue weighted by Gasteiger charge is -2.38. The first-order chi connectivity index (χ1) is 13.0. The van der Waals surface area contributed by atoms with E-state index in [-0.39, 0.29) is 24.4 Å². The van der Waals surface area contributed by atoms with Crippen LogP contribution < -0.4 is 10.2 Å². The van der Waals surface area contributed by atoms with Crippen molar-refractivity contribution in [1.29, 1.82) is 0 Å². The molecule has 1 saturated carbocycles. The van der Waals surface area contributed by atoms with Crippen LogP contribution in [0.5, 0.6) is 0 Å². The Bertz CT molecular complexity index is 839. The Hall–Kier alpha value is -2.56. The van der Waals surface area contributed by atoms with Gasteiger partial charge in [-0.05, 0) is 49.9 Å². The van der Waals surface area contributed by atoms with Crippen LogP contribution >= 0.6 is 0 Å². The van der Waals surface area contributed by atoms with E-state index in [4.69, 9.17) is 0 Å². The van der Waals surface area contributed by atoms with Gasteiger partial charge in [0.2, 0.25) is 11.8 Å². The van der Waals surface area contributed by atoms with E-state index >= 15 is 0 Å². The van der Waals surface area contributed by atoms with Crippen molar-refractivity contribution < 1.29 is 9.59 Å². The molecule has 1 aromatic carbocycles.